The first-order valence-electron chi connectivity index (χ1n) is 10.3. The Morgan fingerprint density at radius 1 is 0.848 bits per heavy atom. The number of hydrogen-bond acceptors (Lipinski definition) is 3. The zero-order valence-electron chi connectivity index (χ0n) is 17.3. The maximum Gasteiger partial charge on any atom is 0.367 e. The molecule has 0 aliphatic heterocycles. The van der Waals surface area contributed by atoms with Crippen LogP contribution in [-0.2, 0) is 13.0 Å². The highest BCUT2D eigenvalue weighted by Crippen LogP contribution is 2.34. The zero-order chi connectivity index (χ0) is 22.9. The molecule has 2 aromatic heterocycles. The van der Waals surface area contributed by atoms with Crippen LogP contribution < -0.4 is 5.69 Å². The Bertz CT molecular complexity index is 1510. The van der Waals surface area contributed by atoms with Gasteiger partial charge in [0.2, 0.25) is 0 Å². The third kappa shape index (κ3) is 4.15. The van der Waals surface area contributed by atoms with Crippen LogP contribution in [0, 0.1) is 5.82 Å². The molecule has 33 heavy (non-hydrogen) atoms. The summed E-state index contributed by atoms with van der Waals surface area (Å²) < 4.78 is 16.6. The first-order valence-corrected chi connectivity index (χ1v) is 11.0. The summed E-state index contributed by atoms with van der Waals surface area (Å²) in [6, 6.07) is 21.2. The molecule has 0 bridgehead atoms. The van der Waals surface area contributed by atoms with E-state index in [2.05, 4.69) is 10.2 Å². The molecule has 0 spiro atoms. The van der Waals surface area contributed by atoms with Crippen LogP contribution in [0.25, 0.3) is 27.9 Å². The van der Waals surface area contributed by atoms with Crippen LogP contribution in [0.2, 0.25) is 10.0 Å². The Kier molecular flexibility index (Phi) is 5.70. The van der Waals surface area contributed by atoms with E-state index >= 15 is 0 Å². The molecule has 3 aromatic carbocycles. The molecular weight excluding hydrogens is 462 g/mol. The van der Waals surface area contributed by atoms with Gasteiger partial charge in [-0.2, -0.15) is 9.61 Å². The average molecular weight is 479 g/mol. The van der Waals surface area contributed by atoms with Crippen LogP contribution in [-0.4, -0.2) is 19.4 Å². The van der Waals surface area contributed by atoms with Gasteiger partial charge in [0.1, 0.15) is 5.82 Å². The van der Waals surface area contributed by atoms with E-state index in [1.165, 1.54) is 15.3 Å². The number of rotatable bonds is 5. The van der Waals surface area contributed by atoms with Gasteiger partial charge in [-0.1, -0.05) is 65.7 Å². The van der Waals surface area contributed by atoms with Crippen LogP contribution in [0.3, 0.4) is 0 Å². The minimum atomic E-state index is -0.390. The molecule has 5 rings (SSSR count). The third-order valence-electron chi connectivity index (χ3n) is 5.45. The number of aryl methyl sites for hydroxylation is 2. The van der Waals surface area contributed by atoms with Crippen LogP contribution in [0.5, 0.6) is 0 Å². The Morgan fingerprint density at radius 2 is 1.48 bits per heavy atom. The fourth-order valence-electron chi connectivity index (χ4n) is 3.78. The number of benzene rings is 3. The highest BCUT2D eigenvalue weighted by molar-refractivity contribution is 6.31. The molecule has 8 heteroatoms. The molecule has 0 aliphatic rings. The smallest absolute Gasteiger partial charge is 0.244 e. The van der Waals surface area contributed by atoms with Crippen LogP contribution in [0.15, 0.2) is 83.8 Å². The molecule has 0 atom stereocenters. The maximum absolute atomic E-state index is 14.0. The van der Waals surface area contributed by atoms with Crippen molar-refractivity contribution < 1.29 is 4.39 Å². The molecule has 0 saturated carbocycles. The van der Waals surface area contributed by atoms with Gasteiger partial charge in [-0.25, -0.2) is 13.9 Å². The molecule has 0 fully saturated rings. The highest BCUT2D eigenvalue weighted by Gasteiger charge is 2.19. The normalized spacial score (nSPS) is 11.2. The van der Waals surface area contributed by atoms with Crippen molar-refractivity contribution in [3.63, 3.8) is 0 Å². The summed E-state index contributed by atoms with van der Waals surface area (Å²) >= 11 is 12.2. The van der Waals surface area contributed by atoms with Crippen LogP contribution >= 0.6 is 23.2 Å². The van der Waals surface area contributed by atoms with Crippen molar-refractivity contribution in [3.05, 3.63) is 111 Å². The van der Waals surface area contributed by atoms with Gasteiger partial charge >= 0.3 is 5.69 Å². The van der Waals surface area contributed by atoms with E-state index in [0.29, 0.717) is 27.7 Å². The van der Waals surface area contributed by atoms with Crippen molar-refractivity contribution in [2.24, 2.45) is 0 Å². The largest absolute Gasteiger partial charge is 0.367 e. The van der Waals surface area contributed by atoms with Crippen LogP contribution in [0.1, 0.15) is 5.56 Å². The Hall–Kier alpha value is -3.48. The Balaban J connectivity index is 1.66. The van der Waals surface area contributed by atoms with E-state index in [1.807, 2.05) is 24.3 Å². The molecule has 2 heterocycles. The molecule has 0 aliphatic carbocycles. The molecule has 0 amide bonds. The maximum atomic E-state index is 14.0. The van der Waals surface area contributed by atoms with Crippen molar-refractivity contribution in [2.45, 2.75) is 13.0 Å². The first kappa shape index (κ1) is 21.4. The lowest BCUT2D eigenvalue weighted by Crippen LogP contribution is -2.23. The van der Waals surface area contributed by atoms with Gasteiger partial charge in [0.25, 0.3) is 0 Å². The van der Waals surface area contributed by atoms with Gasteiger partial charge in [-0.3, -0.25) is 0 Å². The van der Waals surface area contributed by atoms with Crippen molar-refractivity contribution >= 4 is 28.8 Å². The zero-order valence-corrected chi connectivity index (χ0v) is 18.8. The quantitative estimate of drug-likeness (QED) is 0.315. The van der Waals surface area contributed by atoms with Crippen molar-refractivity contribution in [2.75, 3.05) is 0 Å². The Morgan fingerprint density at radius 3 is 2.15 bits per heavy atom. The lowest BCUT2D eigenvalue weighted by atomic mass is 9.97. The second-order valence-electron chi connectivity index (χ2n) is 7.53. The van der Waals surface area contributed by atoms with E-state index in [4.69, 9.17) is 23.2 Å². The molecule has 0 N–H and O–H groups in total. The molecule has 5 aromatic rings. The molecular formula is C25H17Cl2FN4O. The third-order valence-corrected chi connectivity index (χ3v) is 5.96. The highest BCUT2D eigenvalue weighted by atomic mass is 35.5. The summed E-state index contributed by atoms with van der Waals surface area (Å²) in [6.45, 7) is 0.222. The van der Waals surface area contributed by atoms with Crippen molar-refractivity contribution in [3.8, 4) is 22.3 Å². The van der Waals surface area contributed by atoms with Crippen molar-refractivity contribution in [1.29, 1.82) is 0 Å². The molecule has 0 saturated heterocycles. The second kappa shape index (κ2) is 8.81. The van der Waals surface area contributed by atoms with Gasteiger partial charge in [0.15, 0.2) is 5.65 Å². The fourth-order valence-corrected chi connectivity index (χ4v) is 4.03. The topological polar surface area (TPSA) is 52.2 Å². The van der Waals surface area contributed by atoms with Gasteiger partial charge in [-0.05, 0) is 53.4 Å². The summed E-state index contributed by atoms with van der Waals surface area (Å²) in [5.41, 5.74) is 3.80. The van der Waals surface area contributed by atoms with Crippen LogP contribution in [0.4, 0.5) is 4.39 Å². The number of halogens is 3. The predicted octanol–water partition coefficient (Wildman–Crippen LogP) is 5.91. The summed E-state index contributed by atoms with van der Waals surface area (Å²) in [7, 11) is 0. The van der Waals surface area contributed by atoms with Gasteiger partial charge in [0.05, 0.1) is 12.7 Å². The van der Waals surface area contributed by atoms with Gasteiger partial charge in [-0.15, -0.1) is 5.10 Å². The van der Waals surface area contributed by atoms with Crippen molar-refractivity contribution in [1.82, 2.24) is 19.4 Å². The second-order valence-corrected chi connectivity index (χ2v) is 8.40. The van der Waals surface area contributed by atoms with E-state index in [-0.39, 0.29) is 18.1 Å². The molecule has 164 valence electrons. The fraction of sp³-hybridized carbons (Fsp3) is 0.0800. The lowest BCUT2D eigenvalue weighted by molar-refractivity contribution is 0.559. The van der Waals surface area contributed by atoms with E-state index in [0.717, 1.165) is 22.3 Å². The molecule has 0 unspecified atom stereocenters. The SMILES string of the molecule is O=c1n(CCc2ccccc2F)nc2c(-c3ccc(Cl)cc3)c(-c3ccc(Cl)cc3)cnn12. The summed E-state index contributed by atoms with van der Waals surface area (Å²) in [5.74, 6) is -0.306. The minimum Gasteiger partial charge on any atom is -0.244 e. The number of fused-ring (bicyclic) bond motifs is 1. The van der Waals surface area contributed by atoms with E-state index in [1.54, 1.807) is 48.7 Å². The van der Waals surface area contributed by atoms with Gasteiger partial charge in [0, 0.05) is 21.2 Å². The minimum absolute atomic E-state index is 0.222. The molecule has 5 nitrogen and oxygen atoms in total. The van der Waals surface area contributed by atoms with E-state index < -0.39 is 0 Å². The first-order chi connectivity index (χ1) is 16.0. The summed E-state index contributed by atoms with van der Waals surface area (Å²) in [4.78, 5) is 13.0. The summed E-state index contributed by atoms with van der Waals surface area (Å²) in [6.07, 6.45) is 1.97. The summed E-state index contributed by atoms with van der Waals surface area (Å²) in [5, 5.41) is 10.2. The number of hydrogen-bond donors (Lipinski definition) is 0. The molecule has 0 radical (unpaired) electrons. The lowest BCUT2D eigenvalue weighted by Gasteiger charge is -2.11. The predicted molar refractivity (Wildman–Crippen MR) is 128 cm³/mol. The Labute approximate surface area is 198 Å². The average Bonchev–Trinajstić information content (AvgIpc) is 3.15. The van der Waals surface area contributed by atoms with Gasteiger partial charge < -0.3 is 0 Å². The number of aromatic nitrogens is 4. The van der Waals surface area contributed by atoms with E-state index in [9.17, 15) is 9.18 Å². The number of nitrogens with zero attached hydrogens (tertiary/aromatic N) is 4. The monoisotopic (exact) mass is 478 g/mol. The standard InChI is InChI=1S/C25H17Cl2FN4O/c26-19-9-5-16(6-10-19)21-15-29-32-24(23(21)18-7-11-20(27)12-8-18)30-31(25(32)33)14-13-17-3-1-2-4-22(17)28/h1-12,15H,13-14H2.